The van der Waals surface area contributed by atoms with Crippen molar-refractivity contribution in [3.63, 3.8) is 0 Å². The summed E-state index contributed by atoms with van der Waals surface area (Å²) in [5.74, 6) is -2.39. The summed E-state index contributed by atoms with van der Waals surface area (Å²) in [6.45, 7) is 28.9. The predicted octanol–water partition coefficient (Wildman–Crippen LogP) is 11.6. The van der Waals surface area contributed by atoms with Gasteiger partial charge in [0.05, 0.1) is 87.2 Å². The summed E-state index contributed by atoms with van der Waals surface area (Å²) in [7, 11) is -4.61. The van der Waals surface area contributed by atoms with Crippen LogP contribution in [0.4, 0.5) is 0 Å². The fraction of sp³-hybridized carbons (Fsp3) is 0.500. The van der Waals surface area contributed by atoms with Crippen molar-refractivity contribution in [1.29, 1.82) is 0 Å². The largest absolute Gasteiger partial charge is 0.480 e. The molecular formula is C56H72O14S4. The molecule has 0 fully saturated rings. The number of hydrogen-bond acceptors (Lipinski definition) is 16. The molecule has 0 spiro atoms. The third-order valence-electron chi connectivity index (χ3n) is 11.3. The second-order valence-electron chi connectivity index (χ2n) is 21.3. The van der Waals surface area contributed by atoms with E-state index in [2.05, 4.69) is 20.8 Å². The van der Waals surface area contributed by atoms with E-state index in [4.69, 9.17) is 37.9 Å². The number of esters is 4. The minimum atomic E-state index is -2.30. The van der Waals surface area contributed by atoms with Crippen molar-refractivity contribution in [1.82, 2.24) is 0 Å². The van der Waals surface area contributed by atoms with Crippen LogP contribution in [0.15, 0.2) is 87.7 Å². The molecule has 8 bridgehead atoms. The van der Waals surface area contributed by atoms with E-state index in [0.29, 0.717) is 25.1 Å². The minimum absolute atomic E-state index is 0.0474. The fourth-order valence-corrected chi connectivity index (χ4v) is 12.6. The maximum atomic E-state index is 16.2. The van der Waals surface area contributed by atoms with Gasteiger partial charge in [0, 0.05) is 0 Å². The van der Waals surface area contributed by atoms with E-state index in [0.717, 1.165) is 16.7 Å². The normalized spacial score (nSPS) is 14.9. The molecule has 0 saturated carbocycles. The van der Waals surface area contributed by atoms with E-state index in [-0.39, 0.29) is 69.0 Å². The lowest BCUT2D eigenvalue weighted by atomic mass is 9.87. The molecule has 0 aromatic heterocycles. The van der Waals surface area contributed by atoms with Crippen molar-refractivity contribution in [2.75, 3.05) is 52.9 Å². The van der Waals surface area contributed by atoms with Crippen LogP contribution in [-0.2, 0) is 81.4 Å². The van der Waals surface area contributed by atoms with Gasteiger partial charge in [-0.25, -0.2) is 27.6 Å². The van der Waals surface area contributed by atoms with Crippen LogP contribution in [0.25, 0.3) is 0 Å². The highest BCUT2D eigenvalue weighted by atomic mass is 32.2. The summed E-state index contributed by atoms with van der Waals surface area (Å²) in [6, 6.07) is 14.7. The predicted molar refractivity (Wildman–Crippen MR) is 287 cm³/mol. The zero-order valence-electron chi connectivity index (χ0n) is 45.6. The number of fused-ring (bicyclic) bond motifs is 8. The third-order valence-corrected chi connectivity index (χ3v) is 16.2. The Morgan fingerprint density at radius 1 is 0.365 bits per heavy atom. The third kappa shape index (κ3) is 15.1. The van der Waals surface area contributed by atoms with Gasteiger partial charge >= 0.3 is 23.9 Å². The van der Waals surface area contributed by atoms with Crippen LogP contribution >= 0.6 is 23.5 Å². The van der Waals surface area contributed by atoms with E-state index in [1.54, 1.807) is 52.0 Å². The van der Waals surface area contributed by atoms with Crippen LogP contribution in [0, 0.1) is 0 Å². The van der Waals surface area contributed by atoms with Crippen LogP contribution < -0.4 is 18.9 Å². The van der Waals surface area contributed by atoms with Gasteiger partial charge in [0.2, 0.25) is 0 Å². The van der Waals surface area contributed by atoms with Crippen molar-refractivity contribution in [2.24, 2.45) is 0 Å². The molecule has 4 aromatic rings. The number of benzene rings is 4. The second-order valence-corrected chi connectivity index (χ2v) is 26.3. The van der Waals surface area contributed by atoms with E-state index >= 15 is 8.42 Å². The molecule has 1 aliphatic rings. The number of rotatable bonds is 16. The highest BCUT2D eigenvalue weighted by molar-refractivity contribution is 8.00. The van der Waals surface area contributed by atoms with Crippen LogP contribution in [0.3, 0.4) is 0 Å². The molecular weight excluding hydrogens is 1020 g/mol. The smallest absolute Gasteiger partial charge is 0.344 e. The Hall–Kier alpha value is -5.04. The highest BCUT2D eigenvalue weighted by Crippen LogP contribution is 2.53. The molecule has 404 valence electrons. The van der Waals surface area contributed by atoms with Gasteiger partial charge in [-0.2, -0.15) is 0 Å². The zero-order valence-corrected chi connectivity index (χ0v) is 48.9. The number of ether oxygens (including phenoxy) is 8. The molecule has 18 heteroatoms. The van der Waals surface area contributed by atoms with Gasteiger partial charge in [0.15, 0.2) is 43.7 Å². The first-order valence-electron chi connectivity index (χ1n) is 24.6. The lowest BCUT2D eigenvalue weighted by Gasteiger charge is -2.28. The Balaban J connectivity index is 2.12. The van der Waals surface area contributed by atoms with Crippen molar-refractivity contribution in [3.05, 3.63) is 70.8 Å². The van der Waals surface area contributed by atoms with Crippen molar-refractivity contribution >= 4 is 69.0 Å². The van der Waals surface area contributed by atoms with Crippen LogP contribution in [0.2, 0.25) is 0 Å². The quantitative estimate of drug-likeness (QED) is 0.0673. The topological polar surface area (TPSA) is 176 Å². The van der Waals surface area contributed by atoms with Gasteiger partial charge in [-0.3, -0.25) is 0 Å². The average Bonchev–Trinajstić information content (AvgIpc) is 3.29. The Kier molecular flexibility index (Phi) is 20.0. The molecule has 2 unspecified atom stereocenters. The van der Waals surface area contributed by atoms with Crippen LogP contribution in [0.5, 0.6) is 23.0 Å². The molecule has 1 aliphatic heterocycles. The van der Waals surface area contributed by atoms with Crippen LogP contribution in [-0.4, -0.2) is 85.2 Å². The summed E-state index contributed by atoms with van der Waals surface area (Å²) in [6.07, 6.45) is 0. The number of carbonyl (C=O) groups is 4. The van der Waals surface area contributed by atoms with Gasteiger partial charge in [-0.15, -0.1) is 0 Å². The van der Waals surface area contributed by atoms with Gasteiger partial charge in [0.25, 0.3) is 0 Å². The fourth-order valence-electron chi connectivity index (χ4n) is 7.27. The number of hydrogen-bond donors (Lipinski definition) is 0. The average molecular weight is 1100 g/mol. The Labute approximate surface area is 450 Å². The molecule has 0 saturated heterocycles. The zero-order chi connectivity index (χ0) is 55.1. The molecule has 5 rings (SSSR count). The first-order chi connectivity index (χ1) is 34.5. The summed E-state index contributed by atoms with van der Waals surface area (Å²) < 4.78 is 79.7. The van der Waals surface area contributed by atoms with Crippen molar-refractivity contribution < 1.29 is 65.5 Å². The van der Waals surface area contributed by atoms with Crippen molar-refractivity contribution in [2.45, 2.75) is 172 Å². The summed E-state index contributed by atoms with van der Waals surface area (Å²) in [5.41, 5.74) is 0.683. The molecule has 74 heavy (non-hydrogen) atoms. The standard InChI is InChI=1S/C56H72O14S4/c1-17-63-45(57)29-67-49-37-21-33(53(5,6)7)22-38(49)72-40-24-35(55(11,12)13)26-42(51(40)69-31-47(59)65-19-3)74(62)44-28-36(56(14,15)16)27-43(52(44)70-32-48(60)66-20-4)73(61)41-25-34(54(8,9)10)23-39(71-37)50(41)68-30-46(58)64-18-2/h21-28H,17-20,29-32H2,1-16H3. The molecule has 0 amide bonds. The van der Waals surface area contributed by atoms with E-state index in [1.165, 1.54) is 23.5 Å². The number of carbonyl (C=O) groups excluding carboxylic acids is 4. The van der Waals surface area contributed by atoms with E-state index in [1.807, 2.05) is 86.6 Å². The molecule has 1 heterocycles. The lowest BCUT2D eigenvalue weighted by Crippen LogP contribution is -2.20. The molecule has 0 N–H and O–H groups in total. The molecule has 0 aliphatic carbocycles. The van der Waals surface area contributed by atoms with E-state index in [9.17, 15) is 19.2 Å². The van der Waals surface area contributed by atoms with Gasteiger partial charge < -0.3 is 37.9 Å². The Bertz CT molecular complexity index is 2640. The van der Waals surface area contributed by atoms with Gasteiger partial charge in [0.1, 0.15) is 5.75 Å². The second kappa shape index (κ2) is 24.7. The first kappa shape index (κ1) is 59.8. The molecule has 0 radical (unpaired) electrons. The minimum Gasteiger partial charge on any atom is -0.480 e. The summed E-state index contributed by atoms with van der Waals surface area (Å²) in [4.78, 5) is 55.1. The monoisotopic (exact) mass is 1100 g/mol. The summed E-state index contributed by atoms with van der Waals surface area (Å²) >= 11 is 2.45. The highest BCUT2D eigenvalue weighted by Gasteiger charge is 2.35. The summed E-state index contributed by atoms with van der Waals surface area (Å²) in [5, 5.41) is 0. The maximum absolute atomic E-state index is 16.2. The van der Waals surface area contributed by atoms with E-state index < -0.39 is 93.6 Å². The molecule has 2 atom stereocenters. The van der Waals surface area contributed by atoms with Gasteiger partial charge in [-0.05, 0) is 120 Å². The molecule has 4 aromatic carbocycles. The SMILES string of the molecule is CCOC(=O)COc1c2cc(C(C)(C)C)cc1Sc1cc(C(C)(C)C)cc(c1OCC(=O)OCC)S(=O)c1cc(C(C)(C)C)cc(c1OCC(=O)OCC)S(=O)c1cc(C(C)(C)C)cc(c1OCC(=O)OCC)S2. The molecule has 14 nitrogen and oxygen atoms in total. The van der Waals surface area contributed by atoms with Crippen molar-refractivity contribution in [3.8, 4) is 23.0 Å². The lowest BCUT2D eigenvalue weighted by molar-refractivity contribution is -0.146. The maximum Gasteiger partial charge on any atom is 0.344 e. The van der Waals surface area contributed by atoms with Crippen LogP contribution in [0.1, 0.15) is 133 Å². The Morgan fingerprint density at radius 3 is 0.851 bits per heavy atom. The first-order valence-corrected chi connectivity index (χ1v) is 28.5. The van der Waals surface area contributed by atoms with Gasteiger partial charge in [-0.1, -0.05) is 107 Å². The Morgan fingerprint density at radius 2 is 0.581 bits per heavy atom.